The average Bonchev–Trinajstić information content (AvgIpc) is 3.35. The maximum Gasteiger partial charge on any atom is 0.251 e. The Morgan fingerprint density at radius 3 is 2.73 bits per heavy atom. The maximum absolute atomic E-state index is 11.9. The summed E-state index contributed by atoms with van der Waals surface area (Å²) in [5.41, 5.74) is 0.539. The summed E-state index contributed by atoms with van der Waals surface area (Å²) in [7, 11) is 1.56. The average molecular weight is 305 g/mol. The summed E-state index contributed by atoms with van der Waals surface area (Å²) < 4.78 is 5.08. The Kier molecular flexibility index (Phi) is 6.21. The standard InChI is InChI=1S/C16H23N3O3/c1-22-14-4-2-3-13(9-14)16(21)19-8-7-18-15(20)11-17-10-12-5-6-12/h2-4,9,12,17H,5-8,10-11H2,1H3,(H,18,20)(H,19,21). The van der Waals surface area contributed by atoms with Crippen LogP contribution in [-0.4, -0.2) is 45.1 Å². The molecule has 0 heterocycles. The predicted molar refractivity (Wildman–Crippen MR) is 83.9 cm³/mol. The van der Waals surface area contributed by atoms with Gasteiger partial charge in [-0.1, -0.05) is 6.07 Å². The molecule has 3 N–H and O–H groups in total. The molecule has 0 radical (unpaired) electrons. The van der Waals surface area contributed by atoms with Crippen LogP contribution >= 0.6 is 0 Å². The molecule has 1 aromatic carbocycles. The molecule has 0 aliphatic heterocycles. The van der Waals surface area contributed by atoms with Crippen LogP contribution in [0.4, 0.5) is 0 Å². The van der Waals surface area contributed by atoms with Crippen LogP contribution in [0.3, 0.4) is 0 Å². The number of nitrogens with one attached hydrogen (secondary N) is 3. The van der Waals surface area contributed by atoms with Crippen molar-refractivity contribution in [1.82, 2.24) is 16.0 Å². The van der Waals surface area contributed by atoms with Crippen LogP contribution in [0.15, 0.2) is 24.3 Å². The highest BCUT2D eigenvalue weighted by molar-refractivity contribution is 5.94. The summed E-state index contributed by atoms with van der Waals surface area (Å²) in [6.45, 7) is 2.06. The van der Waals surface area contributed by atoms with Gasteiger partial charge in [0.15, 0.2) is 0 Å². The first-order valence-corrected chi connectivity index (χ1v) is 7.58. The van der Waals surface area contributed by atoms with Gasteiger partial charge in [0, 0.05) is 18.7 Å². The minimum absolute atomic E-state index is 0.0451. The minimum Gasteiger partial charge on any atom is -0.497 e. The quantitative estimate of drug-likeness (QED) is 0.582. The van der Waals surface area contributed by atoms with Crippen molar-refractivity contribution in [3.8, 4) is 5.75 Å². The Bertz CT molecular complexity index is 515. The lowest BCUT2D eigenvalue weighted by atomic mass is 10.2. The number of hydrogen-bond donors (Lipinski definition) is 3. The van der Waals surface area contributed by atoms with Crippen LogP contribution in [-0.2, 0) is 4.79 Å². The molecular weight excluding hydrogens is 282 g/mol. The van der Waals surface area contributed by atoms with Crippen molar-refractivity contribution in [3.05, 3.63) is 29.8 Å². The number of methoxy groups -OCH3 is 1. The van der Waals surface area contributed by atoms with E-state index in [2.05, 4.69) is 16.0 Å². The van der Waals surface area contributed by atoms with Crippen molar-refractivity contribution in [3.63, 3.8) is 0 Å². The molecule has 1 aromatic rings. The fourth-order valence-electron chi connectivity index (χ4n) is 2.02. The van der Waals surface area contributed by atoms with E-state index in [0.29, 0.717) is 30.9 Å². The second-order valence-electron chi connectivity index (χ2n) is 5.41. The first-order chi connectivity index (χ1) is 10.7. The lowest BCUT2D eigenvalue weighted by Gasteiger charge is -2.08. The third-order valence-electron chi connectivity index (χ3n) is 3.48. The van der Waals surface area contributed by atoms with E-state index in [9.17, 15) is 9.59 Å². The van der Waals surface area contributed by atoms with E-state index >= 15 is 0 Å². The number of amides is 2. The van der Waals surface area contributed by atoms with Gasteiger partial charge < -0.3 is 20.7 Å². The molecule has 1 fully saturated rings. The molecule has 0 bridgehead atoms. The number of carbonyl (C=O) groups excluding carboxylic acids is 2. The number of rotatable bonds is 9. The fraction of sp³-hybridized carbons (Fsp3) is 0.500. The Balaban J connectivity index is 1.58. The first kappa shape index (κ1) is 16.3. The van der Waals surface area contributed by atoms with E-state index in [-0.39, 0.29) is 11.8 Å². The minimum atomic E-state index is -0.181. The van der Waals surface area contributed by atoms with Crippen LogP contribution < -0.4 is 20.7 Å². The second kappa shape index (κ2) is 8.38. The van der Waals surface area contributed by atoms with Crippen LogP contribution in [0.5, 0.6) is 5.75 Å². The van der Waals surface area contributed by atoms with Gasteiger partial charge in [-0.15, -0.1) is 0 Å². The van der Waals surface area contributed by atoms with E-state index in [1.54, 1.807) is 31.4 Å². The zero-order valence-electron chi connectivity index (χ0n) is 12.9. The third kappa shape index (κ3) is 5.73. The molecule has 22 heavy (non-hydrogen) atoms. The summed E-state index contributed by atoms with van der Waals surface area (Å²) in [6, 6.07) is 6.95. The third-order valence-corrected chi connectivity index (χ3v) is 3.48. The zero-order valence-corrected chi connectivity index (χ0v) is 12.9. The Labute approximate surface area is 130 Å². The van der Waals surface area contributed by atoms with Crippen molar-refractivity contribution in [1.29, 1.82) is 0 Å². The van der Waals surface area contributed by atoms with Gasteiger partial charge in [-0.05, 0) is 43.5 Å². The molecule has 1 saturated carbocycles. The normalized spacial score (nSPS) is 13.5. The van der Waals surface area contributed by atoms with Crippen molar-refractivity contribution >= 4 is 11.8 Å². The van der Waals surface area contributed by atoms with Gasteiger partial charge in [-0.25, -0.2) is 0 Å². The number of hydrogen-bond acceptors (Lipinski definition) is 4. The van der Waals surface area contributed by atoms with Gasteiger partial charge in [0.2, 0.25) is 5.91 Å². The Morgan fingerprint density at radius 2 is 2.00 bits per heavy atom. The molecular formula is C16H23N3O3. The first-order valence-electron chi connectivity index (χ1n) is 7.58. The highest BCUT2D eigenvalue weighted by Gasteiger charge is 2.20. The second-order valence-corrected chi connectivity index (χ2v) is 5.41. The molecule has 120 valence electrons. The van der Waals surface area contributed by atoms with Gasteiger partial charge in [0.05, 0.1) is 13.7 Å². The maximum atomic E-state index is 11.9. The van der Waals surface area contributed by atoms with E-state index in [4.69, 9.17) is 4.74 Å². The molecule has 2 amide bonds. The fourth-order valence-corrected chi connectivity index (χ4v) is 2.02. The van der Waals surface area contributed by atoms with Crippen LogP contribution in [0.25, 0.3) is 0 Å². The van der Waals surface area contributed by atoms with Crippen LogP contribution in [0.2, 0.25) is 0 Å². The molecule has 0 spiro atoms. The SMILES string of the molecule is COc1cccc(C(=O)NCCNC(=O)CNCC2CC2)c1. The summed E-state index contributed by atoms with van der Waals surface area (Å²) in [6.07, 6.45) is 2.54. The van der Waals surface area contributed by atoms with Gasteiger partial charge in [-0.2, -0.15) is 0 Å². The largest absolute Gasteiger partial charge is 0.497 e. The highest BCUT2D eigenvalue weighted by atomic mass is 16.5. The number of ether oxygens (including phenoxy) is 1. The van der Waals surface area contributed by atoms with Crippen molar-refractivity contribution in [2.24, 2.45) is 5.92 Å². The molecule has 0 saturated heterocycles. The Hall–Kier alpha value is -2.08. The van der Waals surface area contributed by atoms with Gasteiger partial charge in [0.1, 0.15) is 5.75 Å². The molecule has 2 rings (SSSR count). The summed E-state index contributed by atoms with van der Waals surface area (Å²) >= 11 is 0. The van der Waals surface area contributed by atoms with Crippen LogP contribution in [0.1, 0.15) is 23.2 Å². The number of carbonyl (C=O) groups is 2. The van der Waals surface area contributed by atoms with Crippen molar-refractivity contribution < 1.29 is 14.3 Å². The topological polar surface area (TPSA) is 79.5 Å². The smallest absolute Gasteiger partial charge is 0.251 e. The molecule has 0 aromatic heterocycles. The lowest BCUT2D eigenvalue weighted by molar-refractivity contribution is -0.120. The van der Waals surface area contributed by atoms with Crippen LogP contribution in [0, 0.1) is 5.92 Å². The lowest BCUT2D eigenvalue weighted by Crippen LogP contribution is -2.39. The van der Waals surface area contributed by atoms with E-state index in [0.717, 1.165) is 12.5 Å². The van der Waals surface area contributed by atoms with Crippen molar-refractivity contribution in [2.75, 3.05) is 33.3 Å². The number of benzene rings is 1. The zero-order chi connectivity index (χ0) is 15.8. The molecule has 6 heteroatoms. The monoisotopic (exact) mass is 305 g/mol. The summed E-state index contributed by atoms with van der Waals surface area (Å²) in [4.78, 5) is 23.5. The highest BCUT2D eigenvalue weighted by Crippen LogP contribution is 2.27. The van der Waals surface area contributed by atoms with Gasteiger partial charge in [-0.3, -0.25) is 9.59 Å². The molecule has 1 aliphatic rings. The van der Waals surface area contributed by atoms with E-state index in [1.165, 1.54) is 12.8 Å². The van der Waals surface area contributed by atoms with Gasteiger partial charge >= 0.3 is 0 Å². The van der Waals surface area contributed by atoms with E-state index in [1.807, 2.05) is 0 Å². The van der Waals surface area contributed by atoms with Gasteiger partial charge in [0.25, 0.3) is 5.91 Å². The molecule has 0 unspecified atom stereocenters. The van der Waals surface area contributed by atoms with E-state index < -0.39 is 0 Å². The summed E-state index contributed by atoms with van der Waals surface area (Å²) in [5.74, 6) is 1.17. The molecule has 1 aliphatic carbocycles. The predicted octanol–water partition coefficient (Wildman–Crippen LogP) is 0.541. The van der Waals surface area contributed by atoms with Crippen molar-refractivity contribution in [2.45, 2.75) is 12.8 Å². The Morgan fingerprint density at radius 1 is 1.23 bits per heavy atom. The molecule has 6 nitrogen and oxygen atoms in total. The summed E-state index contributed by atoms with van der Waals surface area (Å²) in [5, 5.41) is 8.65. The molecule has 0 atom stereocenters.